The zero-order valence-electron chi connectivity index (χ0n) is 6.81. The van der Waals surface area contributed by atoms with Crippen LogP contribution in [0.3, 0.4) is 0 Å². The first kappa shape index (κ1) is 9.09. The second-order valence-corrected chi connectivity index (χ2v) is 2.49. The summed E-state index contributed by atoms with van der Waals surface area (Å²) >= 11 is 0. The molecule has 0 radical (unpaired) electrons. The Morgan fingerprint density at radius 1 is 1.50 bits per heavy atom. The van der Waals surface area contributed by atoms with Crippen molar-refractivity contribution in [3.63, 3.8) is 0 Å². The molecule has 12 heavy (non-hydrogen) atoms. The van der Waals surface area contributed by atoms with Gasteiger partial charge < -0.3 is 0 Å². The van der Waals surface area contributed by atoms with E-state index in [0.717, 1.165) is 4.68 Å². The van der Waals surface area contributed by atoms with Crippen molar-refractivity contribution in [2.75, 3.05) is 0 Å². The largest absolute Gasteiger partial charge is 0.433 e. The molecule has 0 aromatic carbocycles. The maximum absolute atomic E-state index is 12.3. The summed E-state index contributed by atoms with van der Waals surface area (Å²) in [6.45, 7) is 1.67. The van der Waals surface area contributed by atoms with Crippen LogP contribution >= 0.6 is 0 Å². The SMILES string of the molecule is CCc1cnn(C)c1C(F)(F)F. The maximum Gasteiger partial charge on any atom is 0.433 e. The van der Waals surface area contributed by atoms with Gasteiger partial charge in [0.15, 0.2) is 0 Å². The summed E-state index contributed by atoms with van der Waals surface area (Å²) < 4.78 is 37.7. The molecule has 68 valence electrons. The van der Waals surface area contributed by atoms with Gasteiger partial charge in [-0.1, -0.05) is 6.92 Å². The Balaban J connectivity index is 3.19. The molecule has 0 bridgehead atoms. The van der Waals surface area contributed by atoms with Gasteiger partial charge >= 0.3 is 6.18 Å². The van der Waals surface area contributed by atoms with E-state index >= 15 is 0 Å². The van der Waals surface area contributed by atoms with Gasteiger partial charge in [-0.25, -0.2) is 0 Å². The number of aryl methyl sites for hydroxylation is 2. The third kappa shape index (κ3) is 1.44. The summed E-state index contributed by atoms with van der Waals surface area (Å²) in [4.78, 5) is 0. The van der Waals surface area contributed by atoms with E-state index in [9.17, 15) is 13.2 Å². The molecule has 0 aliphatic heterocycles. The van der Waals surface area contributed by atoms with Crippen molar-refractivity contribution in [3.8, 4) is 0 Å². The molecule has 1 aromatic heterocycles. The summed E-state index contributed by atoms with van der Waals surface area (Å²) in [5, 5.41) is 3.55. The van der Waals surface area contributed by atoms with Gasteiger partial charge in [-0.15, -0.1) is 0 Å². The number of rotatable bonds is 1. The lowest BCUT2D eigenvalue weighted by Gasteiger charge is -2.08. The molecule has 0 fully saturated rings. The van der Waals surface area contributed by atoms with E-state index in [2.05, 4.69) is 5.10 Å². The van der Waals surface area contributed by atoms with Crippen LogP contribution in [0.5, 0.6) is 0 Å². The van der Waals surface area contributed by atoms with Crippen molar-refractivity contribution in [1.82, 2.24) is 9.78 Å². The van der Waals surface area contributed by atoms with Gasteiger partial charge in [0.25, 0.3) is 0 Å². The van der Waals surface area contributed by atoms with Crippen LogP contribution in [-0.2, 0) is 19.6 Å². The van der Waals surface area contributed by atoms with Crippen molar-refractivity contribution >= 4 is 0 Å². The molecule has 1 aromatic rings. The van der Waals surface area contributed by atoms with Crippen LogP contribution in [0, 0.1) is 0 Å². The Labute approximate surface area is 68.0 Å². The topological polar surface area (TPSA) is 17.8 Å². The average Bonchev–Trinajstić information content (AvgIpc) is 2.29. The van der Waals surface area contributed by atoms with Crippen molar-refractivity contribution < 1.29 is 13.2 Å². The normalized spacial score (nSPS) is 12.1. The standard InChI is InChI=1S/C7H9F3N2/c1-3-5-4-11-12(2)6(5)7(8,9)10/h4H,3H2,1-2H3. The lowest BCUT2D eigenvalue weighted by Crippen LogP contribution is -2.13. The van der Waals surface area contributed by atoms with Gasteiger partial charge in [-0.05, 0) is 6.42 Å². The van der Waals surface area contributed by atoms with Crippen LogP contribution in [0.15, 0.2) is 6.20 Å². The molecule has 5 heteroatoms. The number of alkyl halides is 3. The predicted molar refractivity (Wildman–Crippen MR) is 37.6 cm³/mol. The van der Waals surface area contributed by atoms with E-state index in [0.29, 0.717) is 6.42 Å². The molecule has 0 amide bonds. The molecule has 0 saturated carbocycles. The van der Waals surface area contributed by atoms with Crippen LogP contribution in [0.2, 0.25) is 0 Å². The molecular formula is C7H9F3N2. The number of halogens is 3. The average molecular weight is 178 g/mol. The first-order chi connectivity index (χ1) is 5.46. The van der Waals surface area contributed by atoms with Crippen LogP contribution in [0.4, 0.5) is 13.2 Å². The van der Waals surface area contributed by atoms with Gasteiger partial charge in [0.05, 0.1) is 6.20 Å². The molecule has 0 aliphatic carbocycles. The number of hydrogen-bond donors (Lipinski definition) is 0. The zero-order valence-corrected chi connectivity index (χ0v) is 6.81. The Morgan fingerprint density at radius 3 is 2.42 bits per heavy atom. The van der Waals surface area contributed by atoms with Gasteiger partial charge in [-0.2, -0.15) is 18.3 Å². The Kier molecular flexibility index (Phi) is 2.12. The molecule has 0 atom stereocenters. The number of aromatic nitrogens is 2. The van der Waals surface area contributed by atoms with Gasteiger partial charge in [0.1, 0.15) is 5.69 Å². The van der Waals surface area contributed by atoms with Crippen LogP contribution in [-0.4, -0.2) is 9.78 Å². The summed E-state index contributed by atoms with van der Waals surface area (Å²) in [5.41, 5.74) is -0.407. The fourth-order valence-corrected chi connectivity index (χ4v) is 1.11. The van der Waals surface area contributed by atoms with E-state index in [-0.39, 0.29) is 5.56 Å². The lowest BCUT2D eigenvalue weighted by atomic mass is 10.2. The lowest BCUT2D eigenvalue weighted by molar-refractivity contribution is -0.144. The van der Waals surface area contributed by atoms with Gasteiger partial charge in [0, 0.05) is 12.6 Å². The van der Waals surface area contributed by atoms with Gasteiger partial charge in [0.2, 0.25) is 0 Å². The highest BCUT2D eigenvalue weighted by Crippen LogP contribution is 2.31. The highest BCUT2D eigenvalue weighted by atomic mass is 19.4. The molecule has 0 spiro atoms. The molecule has 0 aliphatic rings. The van der Waals surface area contributed by atoms with Crippen molar-refractivity contribution in [2.45, 2.75) is 19.5 Å². The molecule has 0 N–H and O–H groups in total. The van der Waals surface area contributed by atoms with Crippen molar-refractivity contribution in [1.29, 1.82) is 0 Å². The molecule has 0 unspecified atom stereocenters. The minimum absolute atomic E-state index is 0.241. The van der Waals surface area contributed by atoms with E-state index in [1.54, 1.807) is 6.92 Å². The fraction of sp³-hybridized carbons (Fsp3) is 0.571. The van der Waals surface area contributed by atoms with Crippen LogP contribution < -0.4 is 0 Å². The first-order valence-electron chi connectivity index (χ1n) is 3.55. The Hall–Kier alpha value is -1.00. The molecule has 1 rings (SSSR count). The van der Waals surface area contributed by atoms with E-state index in [4.69, 9.17) is 0 Å². The van der Waals surface area contributed by atoms with Crippen LogP contribution in [0.1, 0.15) is 18.2 Å². The van der Waals surface area contributed by atoms with Crippen molar-refractivity contribution in [3.05, 3.63) is 17.5 Å². The Morgan fingerprint density at radius 2 is 2.08 bits per heavy atom. The monoisotopic (exact) mass is 178 g/mol. The van der Waals surface area contributed by atoms with E-state index in [1.807, 2.05) is 0 Å². The van der Waals surface area contributed by atoms with E-state index in [1.165, 1.54) is 13.2 Å². The quantitative estimate of drug-likeness (QED) is 0.643. The molecule has 2 nitrogen and oxygen atoms in total. The molecular weight excluding hydrogens is 169 g/mol. The number of hydrogen-bond acceptors (Lipinski definition) is 1. The number of nitrogens with zero attached hydrogens (tertiary/aromatic N) is 2. The minimum Gasteiger partial charge on any atom is -0.263 e. The highest BCUT2D eigenvalue weighted by Gasteiger charge is 2.36. The summed E-state index contributed by atoms with van der Waals surface area (Å²) in [5.74, 6) is 0. The second kappa shape index (κ2) is 2.80. The second-order valence-electron chi connectivity index (χ2n) is 2.49. The predicted octanol–water partition coefficient (Wildman–Crippen LogP) is 2.00. The summed E-state index contributed by atoms with van der Waals surface area (Å²) in [7, 11) is 1.29. The van der Waals surface area contributed by atoms with Crippen LogP contribution in [0.25, 0.3) is 0 Å². The smallest absolute Gasteiger partial charge is 0.263 e. The minimum atomic E-state index is -4.30. The Bertz CT molecular complexity index is 275. The van der Waals surface area contributed by atoms with Crippen molar-refractivity contribution in [2.24, 2.45) is 7.05 Å². The summed E-state index contributed by atoms with van der Waals surface area (Å²) in [6, 6.07) is 0. The zero-order chi connectivity index (χ0) is 9.35. The third-order valence-corrected chi connectivity index (χ3v) is 1.66. The third-order valence-electron chi connectivity index (χ3n) is 1.66. The molecule has 1 heterocycles. The van der Waals surface area contributed by atoms with Gasteiger partial charge in [-0.3, -0.25) is 4.68 Å². The maximum atomic E-state index is 12.3. The summed E-state index contributed by atoms with van der Waals surface area (Å²) in [6.07, 6.45) is -2.69. The first-order valence-corrected chi connectivity index (χ1v) is 3.55. The highest BCUT2D eigenvalue weighted by molar-refractivity contribution is 5.20. The fourth-order valence-electron chi connectivity index (χ4n) is 1.11. The van der Waals surface area contributed by atoms with E-state index < -0.39 is 11.9 Å². The molecule has 0 saturated heterocycles.